The number of hydrogen-bond acceptors (Lipinski definition) is 5. The quantitative estimate of drug-likeness (QED) is 0.462. The number of ketones is 1. The number of pyridine rings is 1. The molecule has 1 heterocycles. The monoisotopic (exact) mass is 407 g/mol. The normalized spacial score (nSPS) is 18.5. The van der Waals surface area contributed by atoms with Gasteiger partial charge in [-0.05, 0) is 47.1 Å². The van der Waals surface area contributed by atoms with E-state index in [-0.39, 0.29) is 28.4 Å². The lowest BCUT2D eigenvalue weighted by Gasteiger charge is -2.06. The van der Waals surface area contributed by atoms with E-state index in [2.05, 4.69) is 4.98 Å². The van der Waals surface area contributed by atoms with Crippen LogP contribution in [0.5, 0.6) is 0 Å². The molecule has 2 aromatic carbocycles. The van der Waals surface area contributed by atoms with Crippen molar-refractivity contribution < 1.29 is 13.2 Å². The third kappa shape index (κ3) is 4.19. The van der Waals surface area contributed by atoms with Crippen LogP contribution >= 0.6 is 0 Å². The zero-order valence-electron chi connectivity index (χ0n) is 15.7. The molecule has 148 valence electrons. The van der Waals surface area contributed by atoms with Crippen molar-refractivity contribution in [2.24, 2.45) is 11.7 Å². The number of sulfone groups is 1. The van der Waals surface area contributed by atoms with Crippen molar-refractivity contribution in [1.82, 2.24) is 4.98 Å². The Hall–Kier alpha value is -3.06. The molecule has 0 radical (unpaired) electrons. The largest absolute Gasteiger partial charge is 0.387 e. The lowest BCUT2D eigenvalue weighted by Crippen LogP contribution is -2.22. The molecule has 2 atom stereocenters. The molecule has 7 heteroatoms. The summed E-state index contributed by atoms with van der Waals surface area (Å²) in [4.78, 5) is 16.9. The van der Waals surface area contributed by atoms with Crippen LogP contribution in [0, 0.1) is 11.3 Å². The zero-order valence-corrected chi connectivity index (χ0v) is 16.5. The van der Waals surface area contributed by atoms with Gasteiger partial charge in [-0.25, -0.2) is 8.42 Å². The Balaban J connectivity index is 1.42. The van der Waals surface area contributed by atoms with Gasteiger partial charge in [0.2, 0.25) is 0 Å². The molecule has 0 saturated heterocycles. The van der Waals surface area contributed by atoms with Gasteiger partial charge < -0.3 is 5.73 Å². The lowest BCUT2D eigenvalue weighted by molar-refractivity contribution is -0.119. The average Bonchev–Trinajstić information content (AvgIpc) is 3.48. The van der Waals surface area contributed by atoms with Crippen molar-refractivity contribution in [3.05, 3.63) is 72.1 Å². The molecule has 1 aromatic heterocycles. The highest BCUT2D eigenvalue weighted by atomic mass is 32.2. The highest BCUT2D eigenvalue weighted by molar-refractivity contribution is 7.92. The third-order valence-corrected chi connectivity index (χ3v) is 6.98. The van der Waals surface area contributed by atoms with Crippen molar-refractivity contribution in [3.63, 3.8) is 0 Å². The van der Waals surface area contributed by atoms with Crippen molar-refractivity contribution in [2.75, 3.05) is 5.75 Å². The maximum Gasteiger partial charge on any atom is 0.185 e. The first-order valence-electron chi connectivity index (χ1n) is 9.34. The molecule has 0 bridgehead atoms. The summed E-state index contributed by atoms with van der Waals surface area (Å²) in [5.74, 6) is -0.554. The summed E-state index contributed by atoms with van der Waals surface area (Å²) in [7, 11) is -3.59. The van der Waals surface area contributed by atoms with Gasteiger partial charge in [0, 0.05) is 30.1 Å². The van der Waals surface area contributed by atoms with Crippen molar-refractivity contribution >= 4 is 32.2 Å². The van der Waals surface area contributed by atoms with Crippen LogP contribution in [-0.4, -0.2) is 30.8 Å². The maximum absolute atomic E-state index is 12.7. The van der Waals surface area contributed by atoms with E-state index in [4.69, 9.17) is 11.1 Å². The smallest absolute Gasteiger partial charge is 0.185 e. The van der Waals surface area contributed by atoms with E-state index in [0.29, 0.717) is 6.42 Å². The molecule has 4 rings (SSSR count). The van der Waals surface area contributed by atoms with Gasteiger partial charge >= 0.3 is 0 Å². The van der Waals surface area contributed by atoms with E-state index < -0.39 is 15.6 Å². The van der Waals surface area contributed by atoms with Gasteiger partial charge in [-0.2, -0.15) is 0 Å². The van der Waals surface area contributed by atoms with E-state index in [1.165, 1.54) is 12.1 Å². The summed E-state index contributed by atoms with van der Waals surface area (Å²) in [5.41, 5.74) is 7.17. The second-order valence-corrected chi connectivity index (χ2v) is 9.49. The Morgan fingerprint density at radius 2 is 1.86 bits per heavy atom. The highest BCUT2D eigenvalue weighted by Crippen LogP contribution is 2.48. The first-order chi connectivity index (χ1) is 13.8. The number of benzene rings is 2. The maximum atomic E-state index is 12.7. The number of hydrogen-bond donors (Lipinski definition) is 2. The summed E-state index contributed by atoms with van der Waals surface area (Å²) < 4.78 is 24.3. The van der Waals surface area contributed by atoms with Crippen LogP contribution in [0.2, 0.25) is 0 Å². The fourth-order valence-corrected chi connectivity index (χ4v) is 4.83. The fourth-order valence-electron chi connectivity index (χ4n) is 3.70. The molecule has 1 saturated carbocycles. The molecule has 3 N–H and O–H groups in total. The molecule has 0 spiro atoms. The third-order valence-electron chi connectivity index (χ3n) is 5.30. The van der Waals surface area contributed by atoms with Crippen LogP contribution in [0.3, 0.4) is 0 Å². The van der Waals surface area contributed by atoms with Crippen LogP contribution in [0.4, 0.5) is 0 Å². The van der Waals surface area contributed by atoms with E-state index >= 15 is 0 Å². The Morgan fingerprint density at radius 1 is 1.10 bits per heavy atom. The predicted octanol–water partition coefficient (Wildman–Crippen LogP) is 2.86. The average molecular weight is 407 g/mol. The van der Waals surface area contributed by atoms with Gasteiger partial charge in [0.15, 0.2) is 9.84 Å². The standard InChI is InChI=1S/C22H21N3O3S/c23-22(24)13-29(27,28)18-5-3-15(4-6-18)19-11-20(19)21(26)10-14-1-2-17-12-25-8-7-16(17)9-14/h1-9,12,19-20H,10-11,13H2,(H3,23,24). The highest BCUT2D eigenvalue weighted by Gasteiger charge is 2.43. The predicted molar refractivity (Wildman–Crippen MR) is 112 cm³/mol. The van der Waals surface area contributed by atoms with Gasteiger partial charge in [0.1, 0.15) is 17.4 Å². The molecule has 3 aromatic rings. The van der Waals surface area contributed by atoms with Crippen molar-refractivity contribution in [3.8, 4) is 0 Å². The van der Waals surface area contributed by atoms with E-state index in [1.54, 1.807) is 24.5 Å². The van der Waals surface area contributed by atoms with Crippen LogP contribution in [-0.2, 0) is 21.1 Å². The molecule has 29 heavy (non-hydrogen) atoms. The molecule has 0 amide bonds. The number of Topliss-reactive ketones (excluding diaryl/α,β-unsaturated/α-hetero) is 1. The Bertz CT molecular complexity index is 1200. The number of aromatic nitrogens is 1. The number of carbonyl (C=O) groups excluding carboxylic acids is 1. The number of fused-ring (bicyclic) bond motifs is 1. The number of rotatable bonds is 7. The first-order valence-corrected chi connectivity index (χ1v) is 11.0. The number of carbonyl (C=O) groups is 1. The van der Waals surface area contributed by atoms with Gasteiger partial charge in [-0.15, -0.1) is 0 Å². The summed E-state index contributed by atoms with van der Waals surface area (Å²) in [6.07, 6.45) is 4.73. The number of nitrogens with one attached hydrogen (secondary N) is 1. The minimum Gasteiger partial charge on any atom is -0.387 e. The summed E-state index contributed by atoms with van der Waals surface area (Å²) in [5, 5.41) is 9.31. The summed E-state index contributed by atoms with van der Waals surface area (Å²) >= 11 is 0. The lowest BCUT2D eigenvalue weighted by atomic mass is 10.0. The minimum atomic E-state index is -3.59. The summed E-state index contributed by atoms with van der Waals surface area (Å²) in [6.45, 7) is 0. The van der Waals surface area contributed by atoms with Crippen LogP contribution < -0.4 is 5.73 Å². The van der Waals surface area contributed by atoms with E-state index in [9.17, 15) is 13.2 Å². The molecule has 6 nitrogen and oxygen atoms in total. The van der Waals surface area contributed by atoms with Gasteiger partial charge in [0.25, 0.3) is 0 Å². The van der Waals surface area contributed by atoms with Crippen LogP contribution in [0.1, 0.15) is 23.5 Å². The van der Waals surface area contributed by atoms with E-state index in [0.717, 1.165) is 28.3 Å². The summed E-state index contributed by atoms with van der Waals surface area (Å²) in [6, 6.07) is 14.5. The molecule has 0 aliphatic heterocycles. The molecular weight excluding hydrogens is 386 g/mol. The molecule has 2 unspecified atom stereocenters. The van der Waals surface area contributed by atoms with Crippen LogP contribution in [0.25, 0.3) is 10.8 Å². The van der Waals surface area contributed by atoms with Gasteiger partial charge in [-0.3, -0.25) is 15.2 Å². The van der Waals surface area contributed by atoms with E-state index in [1.807, 2.05) is 24.3 Å². The number of amidine groups is 1. The van der Waals surface area contributed by atoms with Crippen LogP contribution in [0.15, 0.2) is 65.8 Å². The second kappa shape index (κ2) is 7.40. The fraction of sp³-hybridized carbons (Fsp3) is 0.227. The Labute approximate surface area is 169 Å². The van der Waals surface area contributed by atoms with Crippen molar-refractivity contribution in [1.29, 1.82) is 5.41 Å². The SMILES string of the molecule is N=C(N)CS(=O)(=O)c1ccc(C2CC2C(=O)Cc2ccc3cnccc3c2)cc1. The second-order valence-electron chi connectivity index (χ2n) is 7.50. The Kier molecular flexibility index (Phi) is 4.92. The topological polar surface area (TPSA) is 114 Å². The molecular formula is C22H21N3O3S. The zero-order chi connectivity index (χ0) is 20.6. The first kappa shape index (κ1) is 19.3. The number of nitrogens with two attached hydrogens (primary N) is 1. The van der Waals surface area contributed by atoms with Crippen molar-refractivity contribution in [2.45, 2.75) is 23.7 Å². The minimum absolute atomic E-state index is 0.0252. The number of nitrogens with zero attached hydrogens (tertiary/aromatic N) is 1. The molecule has 1 aliphatic carbocycles. The molecule has 1 aliphatic rings. The van der Waals surface area contributed by atoms with Gasteiger partial charge in [0.05, 0.1) is 4.90 Å². The van der Waals surface area contributed by atoms with Gasteiger partial charge in [-0.1, -0.05) is 30.3 Å². The molecule has 1 fully saturated rings. The Morgan fingerprint density at radius 3 is 2.59 bits per heavy atom.